The van der Waals surface area contributed by atoms with Gasteiger partial charge in [-0.25, -0.2) is 24.4 Å². The van der Waals surface area contributed by atoms with Crippen molar-refractivity contribution in [1.82, 2.24) is 33.7 Å². The van der Waals surface area contributed by atoms with Gasteiger partial charge in [0, 0.05) is 41.7 Å². The number of nitrogen functional groups attached to an aromatic ring is 1. The Kier molecular flexibility index (Phi) is 5.56. The maximum atomic E-state index is 13.3. The van der Waals surface area contributed by atoms with Crippen LogP contribution < -0.4 is 16.4 Å². The van der Waals surface area contributed by atoms with E-state index in [1.54, 1.807) is 10.9 Å². The van der Waals surface area contributed by atoms with Crippen molar-refractivity contribution < 1.29 is 4.79 Å². The molecule has 1 aliphatic rings. The number of carbonyl (C=O) groups excluding carboxylic acids is 1. The van der Waals surface area contributed by atoms with Crippen molar-refractivity contribution in [1.29, 1.82) is 0 Å². The summed E-state index contributed by atoms with van der Waals surface area (Å²) in [4.78, 5) is 26.7. The van der Waals surface area contributed by atoms with E-state index in [9.17, 15) is 4.79 Å². The number of nitrogens with zero attached hydrogens (tertiary/aromatic N) is 7. The van der Waals surface area contributed by atoms with Crippen LogP contribution >= 0.6 is 0 Å². The Labute approximate surface area is 236 Å². The lowest BCUT2D eigenvalue weighted by molar-refractivity contribution is 0.262. The number of rotatable bonds is 5. The molecule has 5 aromatic heterocycles. The number of pyridine rings is 1. The number of aromatic nitrogens is 7. The zero-order chi connectivity index (χ0) is 28.3. The van der Waals surface area contributed by atoms with Crippen LogP contribution in [0, 0.1) is 0 Å². The van der Waals surface area contributed by atoms with Crippen LogP contribution in [0.1, 0.15) is 45.3 Å². The third kappa shape index (κ3) is 4.35. The van der Waals surface area contributed by atoms with Crippen LogP contribution in [0.5, 0.6) is 0 Å². The lowest BCUT2D eigenvalue weighted by Gasteiger charge is -2.14. The molecule has 1 aromatic carbocycles. The first-order valence-electron chi connectivity index (χ1n) is 13.6. The van der Waals surface area contributed by atoms with Crippen LogP contribution in [-0.2, 0) is 5.41 Å². The topological polar surface area (TPSA) is 133 Å². The van der Waals surface area contributed by atoms with Gasteiger partial charge in [-0.15, -0.1) is 0 Å². The number of nitrogens with two attached hydrogens (primary N) is 1. The Morgan fingerprint density at radius 2 is 1.80 bits per heavy atom. The fourth-order valence-corrected chi connectivity index (χ4v) is 5.14. The van der Waals surface area contributed by atoms with E-state index < -0.39 is 6.03 Å². The molecule has 1 aliphatic carbocycles. The summed E-state index contributed by atoms with van der Waals surface area (Å²) in [5, 5.41) is 11.6. The summed E-state index contributed by atoms with van der Waals surface area (Å²) in [5.41, 5.74) is 11.7. The SMILES string of the molecule is CC(C)(C)c1cc(NC(=O)Nc2ccc(-c3cn(C4CC4)c4ncnc(N)c34)n3ccnc23)n(-c2ccccc2)n1. The average Bonchev–Trinajstić information content (AvgIpc) is 3.32. The Morgan fingerprint density at radius 1 is 1.00 bits per heavy atom. The van der Waals surface area contributed by atoms with Gasteiger partial charge in [-0.05, 0) is 37.1 Å². The molecule has 0 spiro atoms. The molecule has 41 heavy (non-hydrogen) atoms. The van der Waals surface area contributed by atoms with Gasteiger partial charge in [0.05, 0.1) is 28.1 Å². The molecule has 1 saturated carbocycles. The highest BCUT2D eigenvalue weighted by Gasteiger charge is 2.28. The summed E-state index contributed by atoms with van der Waals surface area (Å²) in [6.45, 7) is 6.27. The first-order chi connectivity index (χ1) is 19.8. The molecule has 2 amide bonds. The molecular formula is C30H30N10O. The van der Waals surface area contributed by atoms with E-state index in [0.717, 1.165) is 46.5 Å². The van der Waals surface area contributed by atoms with Crippen molar-refractivity contribution >= 4 is 40.0 Å². The van der Waals surface area contributed by atoms with Crippen LogP contribution in [0.25, 0.3) is 33.6 Å². The molecule has 0 aliphatic heterocycles. The number of nitrogens with one attached hydrogen (secondary N) is 2. The minimum atomic E-state index is -0.400. The lowest BCUT2D eigenvalue weighted by Crippen LogP contribution is -2.21. The first kappa shape index (κ1) is 24.8. The van der Waals surface area contributed by atoms with Gasteiger partial charge in [-0.1, -0.05) is 39.0 Å². The maximum absolute atomic E-state index is 13.3. The largest absolute Gasteiger partial charge is 0.383 e. The second-order valence-corrected chi connectivity index (χ2v) is 11.4. The van der Waals surface area contributed by atoms with Crippen LogP contribution in [-0.4, -0.2) is 39.7 Å². The summed E-state index contributed by atoms with van der Waals surface area (Å²) in [6.07, 6.45) is 9.42. The summed E-state index contributed by atoms with van der Waals surface area (Å²) in [6, 6.07) is 15.5. The quantitative estimate of drug-likeness (QED) is 0.251. The van der Waals surface area contributed by atoms with E-state index >= 15 is 0 Å². The molecule has 5 heterocycles. The Hall–Kier alpha value is -5.19. The van der Waals surface area contributed by atoms with Gasteiger partial charge in [0.1, 0.15) is 23.6 Å². The Morgan fingerprint density at radius 3 is 2.56 bits per heavy atom. The predicted octanol–water partition coefficient (Wildman–Crippen LogP) is 5.79. The molecule has 6 aromatic rings. The van der Waals surface area contributed by atoms with Crippen molar-refractivity contribution in [2.24, 2.45) is 0 Å². The number of carbonyl (C=O) groups is 1. The number of anilines is 3. The van der Waals surface area contributed by atoms with Gasteiger partial charge < -0.3 is 15.6 Å². The van der Waals surface area contributed by atoms with Crippen LogP contribution in [0.15, 0.2) is 73.4 Å². The minimum Gasteiger partial charge on any atom is -0.383 e. The Bertz CT molecular complexity index is 1920. The van der Waals surface area contributed by atoms with Gasteiger partial charge in [0.15, 0.2) is 5.65 Å². The zero-order valence-corrected chi connectivity index (χ0v) is 23.0. The third-order valence-electron chi connectivity index (χ3n) is 7.37. The number of hydrogen-bond donors (Lipinski definition) is 3. The number of imidazole rings is 1. The molecule has 4 N–H and O–H groups in total. The molecule has 0 bridgehead atoms. The third-order valence-corrected chi connectivity index (χ3v) is 7.37. The van der Waals surface area contributed by atoms with Gasteiger partial charge in [-0.2, -0.15) is 5.10 Å². The fraction of sp³-hybridized carbons (Fsp3) is 0.233. The summed E-state index contributed by atoms with van der Waals surface area (Å²) in [7, 11) is 0. The van der Waals surface area contributed by atoms with Gasteiger partial charge in [-0.3, -0.25) is 9.72 Å². The smallest absolute Gasteiger partial charge is 0.324 e. The van der Waals surface area contributed by atoms with Gasteiger partial charge in [0.25, 0.3) is 0 Å². The number of amides is 2. The predicted molar refractivity (Wildman–Crippen MR) is 159 cm³/mol. The molecule has 0 atom stereocenters. The maximum Gasteiger partial charge on any atom is 0.324 e. The molecule has 1 fully saturated rings. The second-order valence-electron chi connectivity index (χ2n) is 11.4. The van der Waals surface area contributed by atoms with Gasteiger partial charge in [0.2, 0.25) is 0 Å². The zero-order valence-electron chi connectivity index (χ0n) is 23.0. The van der Waals surface area contributed by atoms with E-state index in [-0.39, 0.29) is 5.41 Å². The van der Waals surface area contributed by atoms with Crippen molar-refractivity contribution in [3.63, 3.8) is 0 Å². The van der Waals surface area contributed by atoms with Crippen LogP contribution in [0.4, 0.5) is 22.1 Å². The average molecular weight is 547 g/mol. The molecule has 7 rings (SSSR count). The molecule has 0 unspecified atom stereocenters. The summed E-state index contributed by atoms with van der Waals surface area (Å²) >= 11 is 0. The Balaban J connectivity index is 1.23. The fourth-order valence-electron chi connectivity index (χ4n) is 5.14. The second kappa shape index (κ2) is 9.19. The van der Waals surface area contributed by atoms with E-state index in [2.05, 4.69) is 57.1 Å². The highest BCUT2D eigenvalue weighted by atomic mass is 16.2. The van der Waals surface area contributed by atoms with E-state index in [1.165, 1.54) is 6.33 Å². The van der Waals surface area contributed by atoms with Crippen LogP contribution in [0.3, 0.4) is 0 Å². The highest BCUT2D eigenvalue weighted by Crippen LogP contribution is 2.42. The molecule has 206 valence electrons. The van der Waals surface area contributed by atoms with Crippen molar-refractivity contribution in [2.75, 3.05) is 16.4 Å². The van der Waals surface area contributed by atoms with Crippen molar-refractivity contribution in [2.45, 2.75) is 45.1 Å². The molecule has 11 heteroatoms. The minimum absolute atomic E-state index is 0.193. The number of fused-ring (bicyclic) bond motifs is 2. The highest BCUT2D eigenvalue weighted by molar-refractivity contribution is 6.03. The van der Waals surface area contributed by atoms with Crippen LogP contribution in [0.2, 0.25) is 0 Å². The molecule has 11 nitrogen and oxygen atoms in total. The number of benzene rings is 1. The standard InChI is InChI=1S/C30H30N10O/c1-30(2,3)23-15-24(40(37-23)19-7-5-4-6-8-19)36-29(41)35-21-11-12-22(38-14-13-32-27(21)38)20-16-39(18-9-10-18)28-25(20)26(31)33-17-34-28/h4-8,11-18H,9-10H2,1-3H3,(H2,31,33,34)(H2,35,36,41). The van der Waals surface area contributed by atoms with Crippen molar-refractivity contribution in [3.05, 3.63) is 79.1 Å². The van der Waals surface area contributed by atoms with E-state index in [1.807, 2.05) is 59.1 Å². The molecule has 0 saturated heterocycles. The lowest BCUT2D eigenvalue weighted by atomic mass is 9.92. The molecular weight excluding hydrogens is 516 g/mol. The van der Waals surface area contributed by atoms with E-state index in [4.69, 9.17) is 10.8 Å². The monoisotopic (exact) mass is 546 g/mol. The summed E-state index contributed by atoms with van der Waals surface area (Å²) in [5.74, 6) is 1.00. The number of urea groups is 1. The normalized spacial score (nSPS) is 13.6. The summed E-state index contributed by atoms with van der Waals surface area (Å²) < 4.78 is 5.88. The molecule has 0 radical (unpaired) electrons. The van der Waals surface area contributed by atoms with Crippen molar-refractivity contribution in [3.8, 4) is 16.9 Å². The number of para-hydroxylation sites is 1. The first-order valence-corrected chi connectivity index (χ1v) is 13.6. The van der Waals surface area contributed by atoms with E-state index in [0.29, 0.717) is 29.0 Å². The van der Waals surface area contributed by atoms with Gasteiger partial charge >= 0.3 is 6.03 Å². The number of hydrogen-bond acceptors (Lipinski definition) is 6.